The highest BCUT2D eigenvalue weighted by Crippen LogP contribution is 2.31. The van der Waals surface area contributed by atoms with E-state index in [0.29, 0.717) is 29.3 Å². The van der Waals surface area contributed by atoms with E-state index >= 15 is 0 Å². The first-order valence-electron chi connectivity index (χ1n) is 11.1. The number of carbonyl (C=O) groups is 3. The molecule has 0 bridgehead atoms. The zero-order chi connectivity index (χ0) is 24.6. The number of imide groups is 1. The first kappa shape index (κ1) is 23.6. The number of rotatable bonds is 9. The summed E-state index contributed by atoms with van der Waals surface area (Å²) >= 11 is 0. The summed E-state index contributed by atoms with van der Waals surface area (Å²) in [7, 11) is 1.49. The van der Waals surface area contributed by atoms with Gasteiger partial charge in [0, 0.05) is 6.54 Å². The van der Waals surface area contributed by atoms with Crippen molar-refractivity contribution in [2.45, 2.75) is 6.42 Å². The highest BCUT2D eigenvalue weighted by molar-refractivity contribution is 6.23. The number of hydrogen-bond acceptors (Lipinski definition) is 5. The van der Waals surface area contributed by atoms with E-state index in [2.05, 4.69) is 10.6 Å². The summed E-state index contributed by atoms with van der Waals surface area (Å²) in [6, 6.07) is 23.3. The molecule has 1 aliphatic rings. The lowest BCUT2D eigenvalue weighted by Gasteiger charge is -2.15. The van der Waals surface area contributed by atoms with E-state index in [0.717, 1.165) is 12.0 Å². The number of anilines is 1. The molecule has 8 heteroatoms. The second kappa shape index (κ2) is 11.0. The monoisotopic (exact) mass is 471 g/mol. The van der Waals surface area contributed by atoms with E-state index in [9.17, 15) is 14.4 Å². The van der Waals surface area contributed by atoms with Gasteiger partial charge in [-0.25, -0.2) is 4.79 Å². The van der Waals surface area contributed by atoms with Crippen LogP contribution in [0.3, 0.4) is 0 Å². The zero-order valence-corrected chi connectivity index (χ0v) is 19.2. The van der Waals surface area contributed by atoms with Crippen LogP contribution < -0.4 is 25.0 Å². The lowest BCUT2D eigenvalue weighted by Crippen LogP contribution is -2.30. The van der Waals surface area contributed by atoms with Crippen molar-refractivity contribution in [3.05, 3.63) is 95.7 Å². The van der Waals surface area contributed by atoms with Crippen LogP contribution in [0.1, 0.15) is 11.1 Å². The van der Waals surface area contributed by atoms with Gasteiger partial charge in [-0.3, -0.25) is 19.8 Å². The smallest absolute Gasteiger partial charge is 0.333 e. The molecule has 1 aliphatic heterocycles. The summed E-state index contributed by atoms with van der Waals surface area (Å²) in [6.45, 7) is 0.346. The summed E-state index contributed by atoms with van der Waals surface area (Å²) < 4.78 is 11.1. The lowest BCUT2D eigenvalue weighted by atomic mass is 10.1. The van der Waals surface area contributed by atoms with E-state index in [1.807, 2.05) is 36.4 Å². The number of ether oxygens (including phenoxy) is 2. The highest BCUT2D eigenvalue weighted by atomic mass is 16.5. The fraction of sp³-hybridized carbons (Fsp3) is 0.148. The Kier molecular flexibility index (Phi) is 7.42. The van der Waals surface area contributed by atoms with Gasteiger partial charge in [-0.1, -0.05) is 54.6 Å². The molecule has 35 heavy (non-hydrogen) atoms. The molecule has 2 N–H and O–H groups in total. The van der Waals surface area contributed by atoms with Gasteiger partial charge in [-0.2, -0.15) is 0 Å². The Bertz CT molecular complexity index is 1240. The van der Waals surface area contributed by atoms with Gasteiger partial charge in [-0.05, 0) is 47.9 Å². The van der Waals surface area contributed by atoms with Crippen LogP contribution >= 0.6 is 0 Å². The largest absolute Gasteiger partial charge is 0.493 e. The minimum atomic E-state index is -0.516. The fourth-order valence-electron chi connectivity index (χ4n) is 3.63. The maximum Gasteiger partial charge on any atom is 0.333 e. The Morgan fingerprint density at radius 3 is 2.40 bits per heavy atom. The summed E-state index contributed by atoms with van der Waals surface area (Å²) in [5, 5.41) is 5.15. The molecule has 3 aromatic carbocycles. The van der Waals surface area contributed by atoms with Crippen LogP contribution in [0.25, 0.3) is 6.08 Å². The van der Waals surface area contributed by atoms with Crippen LogP contribution in [0.4, 0.5) is 10.5 Å². The Labute approximate surface area is 203 Å². The molecule has 0 atom stereocenters. The van der Waals surface area contributed by atoms with Gasteiger partial charge in [0.05, 0.1) is 12.8 Å². The van der Waals surface area contributed by atoms with E-state index in [-0.39, 0.29) is 18.2 Å². The third-order valence-corrected chi connectivity index (χ3v) is 5.34. The summed E-state index contributed by atoms with van der Waals surface area (Å²) in [6.07, 6.45) is 2.32. The van der Waals surface area contributed by atoms with Gasteiger partial charge in [0.15, 0.2) is 18.1 Å². The third kappa shape index (κ3) is 5.86. The van der Waals surface area contributed by atoms with Crippen molar-refractivity contribution in [3.63, 3.8) is 0 Å². The van der Waals surface area contributed by atoms with Crippen LogP contribution in [-0.4, -0.2) is 38.1 Å². The Hall–Kier alpha value is -4.59. The van der Waals surface area contributed by atoms with Crippen LogP contribution in [-0.2, 0) is 16.0 Å². The minimum absolute atomic E-state index is 0.162. The number of methoxy groups -OCH3 is 1. The first-order chi connectivity index (χ1) is 17.0. The first-order valence-corrected chi connectivity index (χ1v) is 11.1. The van der Waals surface area contributed by atoms with Crippen LogP contribution in [0.15, 0.2) is 84.6 Å². The van der Waals surface area contributed by atoms with Gasteiger partial charge >= 0.3 is 6.03 Å². The summed E-state index contributed by atoms with van der Waals surface area (Å²) in [4.78, 5) is 38.2. The molecule has 4 rings (SSSR count). The molecule has 1 heterocycles. The van der Waals surface area contributed by atoms with Crippen molar-refractivity contribution < 1.29 is 23.9 Å². The van der Waals surface area contributed by atoms with Crippen LogP contribution in [0.2, 0.25) is 0 Å². The topological polar surface area (TPSA) is 97.0 Å². The SMILES string of the molecule is COc1cc(/C=C2\C(=O)NC(=O)N2c2ccccc2)ccc1OCC(=O)NCCc1ccccc1. The molecule has 0 aromatic heterocycles. The van der Waals surface area contributed by atoms with Crippen LogP contribution in [0.5, 0.6) is 11.5 Å². The fourth-order valence-corrected chi connectivity index (χ4v) is 3.63. The molecule has 0 spiro atoms. The average Bonchev–Trinajstić information content (AvgIpc) is 3.16. The van der Waals surface area contributed by atoms with Crippen molar-refractivity contribution in [3.8, 4) is 11.5 Å². The summed E-state index contributed by atoms with van der Waals surface area (Å²) in [5.74, 6) is 0.0475. The molecule has 0 unspecified atom stereocenters. The molecule has 178 valence electrons. The summed E-state index contributed by atoms with van der Waals surface area (Å²) in [5.41, 5.74) is 2.54. The Morgan fingerprint density at radius 2 is 1.69 bits per heavy atom. The second-order valence-corrected chi connectivity index (χ2v) is 7.74. The van der Waals surface area contributed by atoms with Crippen LogP contribution in [0, 0.1) is 0 Å². The van der Waals surface area contributed by atoms with Gasteiger partial charge in [0.25, 0.3) is 11.8 Å². The predicted molar refractivity (Wildman–Crippen MR) is 132 cm³/mol. The van der Waals surface area contributed by atoms with Gasteiger partial charge in [-0.15, -0.1) is 0 Å². The normalized spacial score (nSPS) is 14.1. The number of benzene rings is 3. The maximum absolute atomic E-state index is 12.4. The molecule has 0 saturated carbocycles. The maximum atomic E-state index is 12.4. The highest BCUT2D eigenvalue weighted by Gasteiger charge is 2.34. The van der Waals surface area contributed by atoms with Crippen molar-refractivity contribution in [2.75, 3.05) is 25.2 Å². The number of amides is 4. The van der Waals surface area contributed by atoms with Crippen molar-refractivity contribution in [1.82, 2.24) is 10.6 Å². The van der Waals surface area contributed by atoms with Crippen molar-refractivity contribution >= 4 is 29.6 Å². The number of carbonyl (C=O) groups excluding carboxylic acids is 3. The molecule has 1 saturated heterocycles. The molecular weight excluding hydrogens is 446 g/mol. The molecule has 1 fully saturated rings. The molecular formula is C27H25N3O5. The zero-order valence-electron chi connectivity index (χ0n) is 19.2. The van der Waals surface area contributed by atoms with E-state index in [1.165, 1.54) is 12.0 Å². The van der Waals surface area contributed by atoms with E-state index < -0.39 is 11.9 Å². The predicted octanol–water partition coefficient (Wildman–Crippen LogP) is 3.53. The Balaban J connectivity index is 1.41. The lowest BCUT2D eigenvalue weighted by molar-refractivity contribution is -0.123. The molecule has 4 amide bonds. The number of nitrogens with one attached hydrogen (secondary N) is 2. The van der Waals surface area contributed by atoms with Crippen molar-refractivity contribution in [2.24, 2.45) is 0 Å². The standard InChI is InChI=1S/C27H25N3O5/c1-34-24-17-20(16-22-26(32)29-27(33)30(22)21-10-6-3-7-11-21)12-13-23(24)35-18-25(31)28-15-14-19-8-4-2-5-9-19/h2-13,16-17H,14-15,18H2,1H3,(H,28,31)(H,29,32,33)/b22-16+. The number of nitrogens with zero attached hydrogens (tertiary/aromatic N) is 1. The number of hydrogen-bond donors (Lipinski definition) is 2. The Morgan fingerprint density at radius 1 is 0.971 bits per heavy atom. The van der Waals surface area contributed by atoms with Gasteiger partial charge in [0.2, 0.25) is 0 Å². The van der Waals surface area contributed by atoms with E-state index in [4.69, 9.17) is 9.47 Å². The van der Waals surface area contributed by atoms with Gasteiger partial charge in [0.1, 0.15) is 5.70 Å². The van der Waals surface area contributed by atoms with Gasteiger partial charge < -0.3 is 14.8 Å². The molecule has 0 radical (unpaired) electrons. The van der Waals surface area contributed by atoms with E-state index in [1.54, 1.807) is 48.5 Å². The van der Waals surface area contributed by atoms with Crippen molar-refractivity contribution in [1.29, 1.82) is 0 Å². The minimum Gasteiger partial charge on any atom is -0.493 e. The third-order valence-electron chi connectivity index (χ3n) is 5.34. The number of para-hydroxylation sites is 1. The average molecular weight is 472 g/mol. The molecule has 3 aromatic rings. The molecule has 0 aliphatic carbocycles. The second-order valence-electron chi connectivity index (χ2n) is 7.74. The molecule has 8 nitrogen and oxygen atoms in total. The quantitative estimate of drug-likeness (QED) is 0.368. The number of urea groups is 1.